The van der Waals surface area contributed by atoms with E-state index in [1.54, 1.807) is 45.1 Å². The fraction of sp³-hybridized carbons (Fsp3) is 0.364. The van der Waals surface area contributed by atoms with Crippen LogP contribution in [0.25, 0.3) is 0 Å². The lowest BCUT2D eigenvalue weighted by Gasteiger charge is -2.28. The summed E-state index contributed by atoms with van der Waals surface area (Å²) in [6, 6.07) is 8.69. The summed E-state index contributed by atoms with van der Waals surface area (Å²) in [4.78, 5) is 24.7. The molecule has 1 amide bonds. The first-order valence-electron chi connectivity index (χ1n) is 8.98. The van der Waals surface area contributed by atoms with Crippen molar-refractivity contribution in [3.05, 3.63) is 72.5 Å². The van der Waals surface area contributed by atoms with Gasteiger partial charge in [0.15, 0.2) is 0 Å². The Morgan fingerprint density at radius 2 is 1.89 bits per heavy atom. The standard InChI is InChI=1S/C22H29NO5/c1-6-18(27-16-17-12-8-7-9-13-17)14-10-11-15-19(20(24)25)23(5)21(26)28-22(2,3)4/h6-14,19H,1,15-16H2,2-5H3,(H,24,25)/b11-10+,18-14+. The molecule has 0 radical (unpaired) electrons. The summed E-state index contributed by atoms with van der Waals surface area (Å²) in [7, 11) is 1.41. The third-order valence-electron chi connectivity index (χ3n) is 3.64. The van der Waals surface area contributed by atoms with E-state index < -0.39 is 23.7 Å². The molecule has 1 aromatic rings. The molecule has 28 heavy (non-hydrogen) atoms. The Morgan fingerprint density at radius 3 is 2.43 bits per heavy atom. The molecule has 152 valence electrons. The van der Waals surface area contributed by atoms with Gasteiger partial charge in [-0.25, -0.2) is 9.59 Å². The minimum Gasteiger partial charge on any atom is -0.489 e. The van der Waals surface area contributed by atoms with Crippen LogP contribution in [-0.4, -0.2) is 40.8 Å². The van der Waals surface area contributed by atoms with E-state index in [1.807, 2.05) is 30.3 Å². The summed E-state index contributed by atoms with van der Waals surface area (Å²) in [6.07, 6.45) is 6.07. The molecule has 1 aromatic carbocycles. The third kappa shape index (κ3) is 8.58. The van der Waals surface area contributed by atoms with Crippen LogP contribution in [-0.2, 0) is 20.9 Å². The van der Waals surface area contributed by atoms with E-state index in [0.717, 1.165) is 10.5 Å². The van der Waals surface area contributed by atoms with E-state index in [-0.39, 0.29) is 6.42 Å². The van der Waals surface area contributed by atoms with Gasteiger partial charge in [-0.3, -0.25) is 4.90 Å². The highest BCUT2D eigenvalue weighted by Crippen LogP contribution is 2.13. The second-order valence-corrected chi connectivity index (χ2v) is 7.16. The molecule has 1 rings (SSSR count). The maximum Gasteiger partial charge on any atom is 0.410 e. The van der Waals surface area contributed by atoms with Crippen molar-refractivity contribution in [3.8, 4) is 0 Å². The second kappa shape index (κ2) is 11.0. The fourth-order valence-corrected chi connectivity index (χ4v) is 2.17. The monoisotopic (exact) mass is 387 g/mol. The lowest BCUT2D eigenvalue weighted by atomic mass is 10.1. The van der Waals surface area contributed by atoms with Crippen molar-refractivity contribution in [2.45, 2.75) is 45.4 Å². The van der Waals surface area contributed by atoms with Crippen molar-refractivity contribution in [3.63, 3.8) is 0 Å². The van der Waals surface area contributed by atoms with Crippen molar-refractivity contribution in [1.29, 1.82) is 0 Å². The van der Waals surface area contributed by atoms with Gasteiger partial charge in [0.05, 0.1) is 0 Å². The highest BCUT2D eigenvalue weighted by Gasteiger charge is 2.29. The number of carbonyl (C=O) groups is 2. The molecular formula is C22H29NO5. The van der Waals surface area contributed by atoms with Crippen LogP contribution in [0.15, 0.2) is 67.0 Å². The number of aliphatic carboxylic acids is 1. The molecule has 1 N–H and O–H groups in total. The first kappa shape index (κ1) is 23.0. The second-order valence-electron chi connectivity index (χ2n) is 7.16. The first-order valence-corrected chi connectivity index (χ1v) is 8.98. The normalized spacial score (nSPS) is 13.1. The zero-order valence-corrected chi connectivity index (χ0v) is 16.9. The lowest BCUT2D eigenvalue weighted by Crippen LogP contribution is -2.44. The van der Waals surface area contributed by atoms with Gasteiger partial charge in [-0.2, -0.15) is 0 Å². The van der Waals surface area contributed by atoms with Crippen molar-refractivity contribution >= 4 is 12.1 Å². The number of rotatable bonds is 9. The number of carboxylic acids is 1. The van der Waals surface area contributed by atoms with Crippen LogP contribution in [0.2, 0.25) is 0 Å². The Morgan fingerprint density at radius 1 is 1.25 bits per heavy atom. The predicted molar refractivity (Wildman–Crippen MR) is 109 cm³/mol. The largest absolute Gasteiger partial charge is 0.489 e. The summed E-state index contributed by atoms with van der Waals surface area (Å²) < 4.78 is 10.9. The molecule has 0 aliphatic rings. The first-order chi connectivity index (χ1) is 13.1. The molecule has 0 saturated carbocycles. The molecule has 6 heteroatoms. The summed E-state index contributed by atoms with van der Waals surface area (Å²) in [6.45, 7) is 9.30. The minimum absolute atomic E-state index is 0.130. The van der Waals surface area contributed by atoms with Gasteiger partial charge in [0.2, 0.25) is 0 Å². The summed E-state index contributed by atoms with van der Waals surface area (Å²) in [5.41, 5.74) is 0.339. The molecule has 1 unspecified atom stereocenters. The minimum atomic E-state index is -1.11. The van der Waals surface area contributed by atoms with Gasteiger partial charge in [-0.05, 0) is 44.9 Å². The van der Waals surface area contributed by atoms with Gasteiger partial charge in [0.25, 0.3) is 0 Å². The van der Waals surface area contributed by atoms with E-state index in [2.05, 4.69) is 6.58 Å². The smallest absolute Gasteiger partial charge is 0.410 e. The number of likely N-dealkylation sites (N-methyl/N-ethyl adjacent to an activating group) is 1. The molecule has 0 heterocycles. The lowest BCUT2D eigenvalue weighted by molar-refractivity contribution is -0.142. The molecule has 0 aliphatic heterocycles. The van der Waals surface area contributed by atoms with E-state index >= 15 is 0 Å². The Balaban J connectivity index is 2.66. The number of hydrogen-bond donors (Lipinski definition) is 1. The molecule has 0 fully saturated rings. The van der Waals surface area contributed by atoms with E-state index in [1.165, 1.54) is 7.05 Å². The predicted octanol–water partition coefficient (Wildman–Crippen LogP) is 4.54. The molecule has 0 bridgehead atoms. The molecular weight excluding hydrogens is 358 g/mol. The number of carboxylic acid groups (broad SMARTS) is 1. The van der Waals surface area contributed by atoms with Crippen molar-refractivity contribution < 1.29 is 24.2 Å². The zero-order valence-electron chi connectivity index (χ0n) is 16.9. The maximum atomic E-state index is 12.1. The van der Waals surface area contributed by atoms with Gasteiger partial charge in [0, 0.05) is 7.05 Å². The average Bonchev–Trinajstić information content (AvgIpc) is 2.62. The fourth-order valence-electron chi connectivity index (χ4n) is 2.17. The molecule has 1 atom stereocenters. The van der Waals surface area contributed by atoms with Crippen LogP contribution in [0.3, 0.4) is 0 Å². The number of amides is 1. The van der Waals surface area contributed by atoms with Crippen molar-refractivity contribution in [2.75, 3.05) is 7.05 Å². The van der Waals surface area contributed by atoms with Crippen LogP contribution in [0.1, 0.15) is 32.8 Å². The van der Waals surface area contributed by atoms with Gasteiger partial charge < -0.3 is 14.6 Å². The third-order valence-corrected chi connectivity index (χ3v) is 3.64. The van der Waals surface area contributed by atoms with Crippen LogP contribution in [0, 0.1) is 0 Å². The number of allylic oxidation sites excluding steroid dienone is 3. The average molecular weight is 387 g/mol. The Bertz CT molecular complexity index is 716. The SMILES string of the molecule is C=C/C(=C\C=C\CC(C(=O)O)N(C)C(=O)OC(C)(C)C)OCc1ccccc1. The quantitative estimate of drug-likeness (QED) is 0.497. The summed E-state index contributed by atoms with van der Waals surface area (Å²) in [5.74, 6) is -0.543. The van der Waals surface area contributed by atoms with Crippen LogP contribution in [0.5, 0.6) is 0 Å². The number of ether oxygens (including phenoxy) is 2. The molecule has 6 nitrogen and oxygen atoms in total. The molecule has 0 aliphatic carbocycles. The van der Waals surface area contributed by atoms with E-state index in [4.69, 9.17) is 9.47 Å². The zero-order chi connectivity index (χ0) is 21.2. The Kier molecular flexibility index (Phi) is 9.02. The summed E-state index contributed by atoms with van der Waals surface area (Å²) in [5, 5.41) is 9.42. The number of benzene rings is 1. The van der Waals surface area contributed by atoms with E-state index in [9.17, 15) is 14.7 Å². The number of carbonyl (C=O) groups excluding carboxylic acids is 1. The Hall–Kier alpha value is -3.02. The van der Waals surface area contributed by atoms with Crippen molar-refractivity contribution in [2.24, 2.45) is 0 Å². The molecule has 0 saturated heterocycles. The Labute approximate surface area is 166 Å². The highest BCUT2D eigenvalue weighted by molar-refractivity contribution is 5.80. The van der Waals surface area contributed by atoms with Gasteiger partial charge in [-0.1, -0.05) is 49.1 Å². The number of hydrogen-bond acceptors (Lipinski definition) is 4. The van der Waals surface area contributed by atoms with Crippen LogP contribution in [0.4, 0.5) is 4.79 Å². The van der Waals surface area contributed by atoms with Crippen LogP contribution < -0.4 is 0 Å². The topological polar surface area (TPSA) is 76.1 Å². The number of nitrogens with zero attached hydrogens (tertiary/aromatic N) is 1. The molecule has 0 spiro atoms. The molecule has 0 aromatic heterocycles. The van der Waals surface area contributed by atoms with Gasteiger partial charge >= 0.3 is 12.1 Å². The highest BCUT2D eigenvalue weighted by atomic mass is 16.6. The van der Waals surface area contributed by atoms with Crippen LogP contribution >= 0.6 is 0 Å². The van der Waals surface area contributed by atoms with Gasteiger partial charge in [0.1, 0.15) is 24.0 Å². The van der Waals surface area contributed by atoms with Crippen molar-refractivity contribution in [1.82, 2.24) is 4.90 Å². The summed E-state index contributed by atoms with van der Waals surface area (Å²) >= 11 is 0. The maximum absolute atomic E-state index is 12.1. The van der Waals surface area contributed by atoms with Gasteiger partial charge in [-0.15, -0.1) is 0 Å². The van der Waals surface area contributed by atoms with E-state index in [0.29, 0.717) is 12.4 Å².